The van der Waals surface area contributed by atoms with Crippen LogP contribution in [0.4, 0.5) is 0 Å². The Bertz CT molecular complexity index is 332. The lowest BCUT2D eigenvalue weighted by molar-refractivity contribution is 1.10. The summed E-state index contributed by atoms with van der Waals surface area (Å²) in [6.45, 7) is 4.42. The first kappa shape index (κ1) is 7.60. The van der Waals surface area contributed by atoms with Gasteiger partial charge >= 0.3 is 0 Å². The van der Waals surface area contributed by atoms with Gasteiger partial charge in [-0.3, -0.25) is 0 Å². The average molecular weight is 158 g/mol. The molecule has 1 aromatic rings. The van der Waals surface area contributed by atoms with E-state index in [9.17, 15) is 0 Å². The van der Waals surface area contributed by atoms with Crippen LogP contribution in [0.1, 0.15) is 29.2 Å². The van der Waals surface area contributed by atoms with Gasteiger partial charge in [0.1, 0.15) is 0 Å². The molecule has 1 aromatic carbocycles. The molecule has 62 valence electrons. The molecule has 0 amide bonds. The van der Waals surface area contributed by atoms with E-state index in [-0.39, 0.29) is 0 Å². The summed E-state index contributed by atoms with van der Waals surface area (Å²) < 4.78 is 0. The zero-order valence-corrected chi connectivity index (χ0v) is 7.72. The lowest BCUT2D eigenvalue weighted by Crippen LogP contribution is -1.90. The van der Waals surface area contributed by atoms with Gasteiger partial charge in [0.25, 0.3) is 0 Å². The minimum absolute atomic E-state index is 1.13. The Morgan fingerprint density at radius 3 is 2.92 bits per heavy atom. The third kappa shape index (κ3) is 1.08. The van der Waals surface area contributed by atoms with Crippen LogP contribution >= 0.6 is 0 Å². The number of rotatable bonds is 1. The molecule has 0 bridgehead atoms. The smallest absolute Gasteiger partial charge is 0.00881 e. The zero-order chi connectivity index (χ0) is 8.55. The van der Waals surface area contributed by atoms with Crippen molar-refractivity contribution in [3.63, 3.8) is 0 Å². The van der Waals surface area contributed by atoms with E-state index in [2.05, 4.69) is 38.1 Å². The minimum Gasteiger partial charge on any atom is -0.0795 e. The third-order valence-corrected chi connectivity index (χ3v) is 2.61. The summed E-state index contributed by atoms with van der Waals surface area (Å²) in [5, 5.41) is 0. The highest BCUT2D eigenvalue weighted by Gasteiger charge is 2.06. The van der Waals surface area contributed by atoms with Crippen molar-refractivity contribution in [2.24, 2.45) is 0 Å². The standard InChI is InChI=1S/C12H14/c1-3-10-8-12-6-4-5-11(12)7-9(10)2/h4,6-8H,3,5H2,1-2H3. The Balaban J connectivity index is 2.55. The van der Waals surface area contributed by atoms with Gasteiger partial charge < -0.3 is 0 Å². The van der Waals surface area contributed by atoms with Crippen LogP contribution in [0.2, 0.25) is 0 Å². The molecule has 0 N–H and O–H groups in total. The Morgan fingerprint density at radius 2 is 2.17 bits per heavy atom. The van der Waals surface area contributed by atoms with E-state index in [0.717, 1.165) is 12.8 Å². The van der Waals surface area contributed by atoms with Crippen molar-refractivity contribution in [1.82, 2.24) is 0 Å². The maximum atomic E-state index is 2.33. The maximum absolute atomic E-state index is 2.33. The van der Waals surface area contributed by atoms with Gasteiger partial charge in [-0.15, -0.1) is 0 Å². The molecule has 1 aliphatic rings. The first-order valence-electron chi connectivity index (χ1n) is 4.60. The summed E-state index contributed by atoms with van der Waals surface area (Å²) >= 11 is 0. The molecule has 1 aliphatic carbocycles. The molecule has 0 saturated carbocycles. The largest absolute Gasteiger partial charge is 0.0795 e. The Hall–Kier alpha value is -1.04. The lowest BCUT2D eigenvalue weighted by atomic mass is 9.99. The van der Waals surface area contributed by atoms with E-state index in [1.54, 1.807) is 0 Å². The Morgan fingerprint density at radius 1 is 1.33 bits per heavy atom. The predicted octanol–water partition coefficient (Wildman–Crippen LogP) is 3.13. The number of allylic oxidation sites excluding steroid dienone is 1. The fourth-order valence-electron chi connectivity index (χ4n) is 1.86. The highest BCUT2D eigenvalue weighted by atomic mass is 14.1. The molecule has 0 fully saturated rings. The van der Waals surface area contributed by atoms with E-state index < -0.39 is 0 Å². The molecule has 0 heterocycles. The highest BCUT2D eigenvalue weighted by Crippen LogP contribution is 2.23. The van der Waals surface area contributed by atoms with E-state index in [0.29, 0.717) is 0 Å². The van der Waals surface area contributed by atoms with Crippen molar-refractivity contribution >= 4 is 6.08 Å². The van der Waals surface area contributed by atoms with Crippen molar-refractivity contribution in [1.29, 1.82) is 0 Å². The van der Waals surface area contributed by atoms with Gasteiger partial charge in [0.2, 0.25) is 0 Å². The first-order valence-corrected chi connectivity index (χ1v) is 4.60. The topological polar surface area (TPSA) is 0 Å². The molecule has 0 nitrogen and oxygen atoms in total. The maximum Gasteiger partial charge on any atom is -0.00881 e. The van der Waals surface area contributed by atoms with Crippen LogP contribution in [0.15, 0.2) is 18.2 Å². The molecule has 0 spiro atoms. The van der Waals surface area contributed by atoms with Gasteiger partial charge in [-0.2, -0.15) is 0 Å². The van der Waals surface area contributed by atoms with Crippen molar-refractivity contribution in [3.05, 3.63) is 40.5 Å². The molecule has 0 aliphatic heterocycles. The first-order chi connectivity index (χ1) is 5.81. The second-order valence-electron chi connectivity index (χ2n) is 3.44. The van der Waals surface area contributed by atoms with Gasteiger partial charge in [-0.1, -0.05) is 31.2 Å². The van der Waals surface area contributed by atoms with Gasteiger partial charge in [0, 0.05) is 0 Å². The number of hydrogen-bond donors (Lipinski definition) is 0. The molecule has 0 radical (unpaired) electrons. The van der Waals surface area contributed by atoms with Crippen LogP contribution in [0.3, 0.4) is 0 Å². The van der Waals surface area contributed by atoms with Crippen LogP contribution in [-0.4, -0.2) is 0 Å². The summed E-state index contributed by atoms with van der Waals surface area (Å²) in [6.07, 6.45) is 6.74. The molecule has 0 aromatic heterocycles. The summed E-state index contributed by atoms with van der Waals surface area (Å²) in [7, 11) is 0. The van der Waals surface area contributed by atoms with E-state index >= 15 is 0 Å². The fourth-order valence-corrected chi connectivity index (χ4v) is 1.86. The molecule has 0 unspecified atom stereocenters. The van der Waals surface area contributed by atoms with E-state index in [1.807, 2.05) is 0 Å². The van der Waals surface area contributed by atoms with Gasteiger partial charge in [-0.25, -0.2) is 0 Å². The second kappa shape index (κ2) is 2.78. The third-order valence-electron chi connectivity index (χ3n) is 2.61. The SMILES string of the molecule is CCc1cc2c(cc1C)CC=C2. The van der Waals surface area contributed by atoms with Crippen LogP contribution in [0.5, 0.6) is 0 Å². The predicted molar refractivity (Wildman–Crippen MR) is 53.3 cm³/mol. The lowest BCUT2D eigenvalue weighted by Gasteiger charge is -2.06. The van der Waals surface area contributed by atoms with Gasteiger partial charge in [-0.05, 0) is 42.0 Å². The second-order valence-corrected chi connectivity index (χ2v) is 3.44. The summed E-state index contributed by atoms with van der Waals surface area (Å²) in [4.78, 5) is 0. The highest BCUT2D eigenvalue weighted by molar-refractivity contribution is 5.61. The van der Waals surface area contributed by atoms with Crippen molar-refractivity contribution in [2.45, 2.75) is 26.7 Å². The monoisotopic (exact) mass is 158 g/mol. The molecule has 0 atom stereocenters. The summed E-state index contributed by atoms with van der Waals surface area (Å²) in [5.74, 6) is 0. The van der Waals surface area contributed by atoms with Crippen LogP contribution < -0.4 is 0 Å². The molecule has 0 heteroatoms. The quantitative estimate of drug-likeness (QED) is 0.589. The zero-order valence-electron chi connectivity index (χ0n) is 7.72. The Kier molecular flexibility index (Phi) is 1.76. The molecular formula is C12H14. The van der Waals surface area contributed by atoms with Gasteiger partial charge in [0.15, 0.2) is 0 Å². The number of benzene rings is 1. The molecular weight excluding hydrogens is 144 g/mol. The summed E-state index contributed by atoms with van der Waals surface area (Å²) in [5.41, 5.74) is 5.85. The van der Waals surface area contributed by atoms with Crippen molar-refractivity contribution in [3.8, 4) is 0 Å². The Labute approximate surface area is 73.9 Å². The van der Waals surface area contributed by atoms with E-state index in [4.69, 9.17) is 0 Å². The van der Waals surface area contributed by atoms with E-state index in [1.165, 1.54) is 22.3 Å². The number of aryl methyl sites for hydroxylation is 2. The number of hydrogen-bond acceptors (Lipinski definition) is 0. The fraction of sp³-hybridized carbons (Fsp3) is 0.333. The minimum atomic E-state index is 1.13. The van der Waals surface area contributed by atoms with Crippen molar-refractivity contribution < 1.29 is 0 Å². The van der Waals surface area contributed by atoms with Crippen molar-refractivity contribution in [2.75, 3.05) is 0 Å². The normalized spacial score (nSPS) is 13.5. The summed E-state index contributed by atoms with van der Waals surface area (Å²) in [6, 6.07) is 4.66. The molecule has 2 rings (SSSR count). The number of fused-ring (bicyclic) bond motifs is 1. The molecule has 12 heavy (non-hydrogen) atoms. The molecule has 0 saturated heterocycles. The van der Waals surface area contributed by atoms with Crippen LogP contribution in [0, 0.1) is 6.92 Å². The van der Waals surface area contributed by atoms with Crippen LogP contribution in [-0.2, 0) is 12.8 Å². The average Bonchev–Trinajstić information content (AvgIpc) is 2.49. The van der Waals surface area contributed by atoms with Gasteiger partial charge in [0.05, 0.1) is 0 Å². The van der Waals surface area contributed by atoms with Crippen LogP contribution in [0.25, 0.3) is 6.08 Å².